The highest BCUT2D eigenvalue weighted by Gasteiger charge is 2.14. The van der Waals surface area contributed by atoms with Gasteiger partial charge < -0.3 is 15.0 Å². The first-order valence-electron chi connectivity index (χ1n) is 8.50. The van der Waals surface area contributed by atoms with Crippen LogP contribution in [-0.2, 0) is 16.1 Å². The molecule has 0 fully saturated rings. The Morgan fingerprint density at radius 2 is 1.93 bits per heavy atom. The summed E-state index contributed by atoms with van der Waals surface area (Å²) in [6, 6.07) is 13.1. The number of nitrogens with one attached hydrogen (secondary N) is 1. The maximum absolute atomic E-state index is 11.9. The molecule has 3 rings (SSSR count). The van der Waals surface area contributed by atoms with E-state index < -0.39 is 23.3 Å². The van der Waals surface area contributed by atoms with E-state index in [9.17, 15) is 19.7 Å². The predicted molar refractivity (Wildman–Crippen MR) is 105 cm³/mol. The second-order valence-corrected chi connectivity index (χ2v) is 6.00. The minimum absolute atomic E-state index is 0.00819. The lowest BCUT2D eigenvalue weighted by Crippen LogP contribution is -2.24. The Bertz CT molecular complexity index is 1110. The molecule has 0 atom stereocenters. The average Bonchev–Trinajstić information content (AvgIpc) is 3.03. The number of rotatable bonds is 8. The fourth-order valence-electron chi connectivity index (χ4n) is 2.76. The fraction of sp³-hybridized carbons (Fsp3) is 0.105. The predicted octanol–water partition coefficient (Wildman–Crippen LogP) is 1.56. The first kappa shape index (κ1) is 19.5. The van der Waals surface area contributed by atoms with Gasteiger partial charge >= 0.3 is 5.69 Å². The van der Waals surface area contributed by atoms with Gasteiger partial charge in [0.2, 0.25) is 5.91 Å². The van der Waals surface area contributed by atoms with Crippen LogP contribution >= 0.6 is 0 Å². The first-order chi connectivity index (χ1) is 14.0. The molecule has 0 unspecified atom stereocenters. The standard InChI is InChI=1S/C19H17N5O5/c20-18(25)11-23-10-13(14-5-1-2-6-15(14)23)9-21-22-19(26)12-29-17-8-4-3-7-16(17)24(27)28/h1-10H,11-12H2,(H2,20,25)(H,22,26)/b21-9+. The largest absolute Gasteiger partial charge is 0.477 e. The number of primary amides is 1. The normalized spacial score (nSPS) is 10.9. The number of hydrogen-bond acceptors (Lipinski definition) is 6. The van der Waals surface area contributed by atoms with Crippen LogP contribution in [0.4, 0.5) is 5.69 Å². The van der Waals surface area contributed by atoms with Gasteiger partial charge in [0.1, 0.15) is 6.54 Å². The van der Waals surface area contributed by atoms with E-state index in [1.165, 1.54) is 24.4 Å². The van der Waals surface area contributed by atoms with E-state index in [0.717, 1.165) is 10.9 Å². The van der Waals surface area contributed by atoms with Gasteiger partial charge in [0, 0.05) is 28.7 Å². The van der Waals surface area contributed by atoms with Gasteiger partial charge in [0.05, 0.1) is 11.1 Å². The van der Waals surface area contributed by atoms with Gasteiger partial charge in [-0.05, 0) is 12.1 Å². The molecule has 0 saturated carbocycles. The molecule has 2 amide bonds. The summed E-state index contributed by atoms with van der Waals surface area (Å²) in [5.74, 6) is -1.07. The van der Waals surface area contributed by atoms with E-state index in [2.05, 4.69) is 10.5 Å². The molecule has 0 aliphatic rings. The molecule has 2 aromatic carbocycles. The summed E-state index contributed by atoms with van der Waals surface area (Å²) in [5.41, 5.74) is 8.82. The molecular formula is C19H17N5O5. The Morgan fingerprint density at radius 3 is 2.69 bits per heavy atom. The number of hydrogen-bond donors (Lipinski definition) is 2. The Kier molecular flexibility index (Phi) is 5.83. The van der Waals surface area contributed by atoms with Crippen molar-refractivity contribution in [2.24, 2.45) is 10.8 Å². The van der Waals surface area contributed by atoms with Crippen molar-refractivity contribution < 1.29 is 19.2 Å². The summed E-state index contributed by atoms with van der Waals surface area (Å²) in [7, 11) is 0. The molecule has 29 heavy (non-hydrogen) atoms. The van der Waals surface area contributed by atoms with Gasteiger partial charge in [-0.3, -0.25) is 19.7 Å². The van der Waals surface area contributed by atoms with Crippen LogP contribution in [0, 0.1) is 10.1 Å². The molecule has 0 radical (unpaired) electrons. The number of amides is 2. The quantitative estimate of drug-likeness (QED) is 0.338. The van der Waals surface area contributed by atoms with Crippen LogP contribution in [0.3, 0.4) is 0 Å². The van der Waals surface area contributed by atoms with E-state index in [1.807, 2.05) is 24.3 Å². The number of ether oxygens (including phenoxy) is 1. The topological polar surface area (TPSA) is 142 Å². The summed E-state index contributed by atoms with van der Waals surface area (Å²) in [6.07, 6.45) is 3.14. The number of nitro benzene ring substituents is 1. The van der Waals surface area contributed by atoms with E-state index in [1.54, 1.807) is 16.8 Å². The van der Waals surface area contributed by atoms with Crippen molar-refractivity contribution in [1.82, 2.24) is 9.99 Å². The lowest BCUT2D eigenvalue weighted by molar-refractivity contribution is -0.385. The van der Waals surface area contributed by atoms with Gasteiger partial charge in [-0.2, -0.15) is 5.10 Å². The number of carbonyl (C=O) groups excluding carboxylic acids is 2. The van der Waals surface area contributed by atoms with E-state index in [-0.39, 0.29) is 18.0 Å². The van der Waals surface area contributed by atoms with Crippen LogP contribution in [0.25, 0.3) is 10.9 Å². The molecule has 0 aliphatic carbocycles. The number of benzene rings is 2. The monoisotopic (exact) mass is 395 g/mol. The van der Waals surface area contributed by atoms with E-state index in [0.29, 0.717) is 5.56 Å². The van der Waals surface area contributed by atoms with Crippen LogP contribution in [0.2, 0.25) is 0 Å². The zero-order valence-electron chi connectivity index (χ0n) is 15.1. The highest BCUT2D eigenvalue weighted by molar-refractivity contribution is 6.00. The van der Waals surface area contributed by atoms with Crippen molar-refractivity contribution >= 4 is 34.6 Å². The lowest BCUT2D eigenvalue weighted by atomic mass is 10.2. The van der Waals surface area contributed by atoms with Gasteiger partial charge in [0.25, 0.3) is 5.91 Å². The smallest absolute Gasteiger partial charge is 0.310 e. The average molecular weight is 395 g/mol. The Hall–Kier alpha value is -4.21. The third-order valence-corrected chi connectivity index (χ3v) is 3.96. The Balaban J connectivity index is 1.65. The third kappa shape index (κ3) is 4.75. The molecule has 0 spiro atoms. The first-order valence-corrected chi connectivity index (χ1v) is 8.50. The van der Waals surface area contributed by atoms with Gasteiger partial charge in [0.15, 0.2) is 12.4 Å². The van der Waals surface area contributed by atoms with Crippen molar-refractivity contribution in [3.63, 3.8) is 0 Å². The third-order valence-electron chi connectivity index (χ3n) is 3.96. The highest BCUT2D eigenvalue weighted by Crippen LogP contribution is 2.25. The number of para-hydroxylation sites is 3. The molecule has 0 saturated heterocycles. The zero-order chi connectivity index (χ0) is 20.8. The fourth-order valence-corrected chi connectivity index (χ4v) is 2.76. The lowest BCUT2D eigenvalue weighted by Gasteiger charge is -2.05. The van der Waals surface area contributed by atoms with Crippen LogP contribution in [0.1, 0.15) is 5.56 Å². The number of nitrogens with zero attached hydrogens (tertiary/aromatic N) is 3. The van der Waals surface area contributed by atoms with E-state index in [4.69, 9.17) is 10.5 Å². The van der Waals surface area contributed by atoms with Gasteiger partial charge in [-0.25, -0.2) is 5.43 Å². The van der Waals surface area contributed by atoms with Crippen molar-refractivity contribution in [2.75, 3.05) is 6.61 Å². The van der Waals surface area contributed by atoms with Crippen LogP contribution in [0.15, 0.2) is 59.8 Å². The zero-order valence-corrected chi connectivity index (χ0v) is 15.1. The molecule has 0 bridgehead atoms. The maximum atomic E-state index is 11.9. The summed E-state index contributed by atoms with van der Waals surface area (Å²) in [6.45, 7) is -0.421. The molecule has 10 nitrogen and oxygen atoms in total. The number of aromatic nitrogens is 1. The molecule has 148 valence electrons. The molecule has 3 aromatic rings. The van der Waals surface area contributed by atoms with Gasteiger partial charge in [-0.1, -0.05) is 30.3 Å². The summed E-state index contributed by atoms with van der Waals surface area (Å²) >= 11 is 0. The number of nitrogens with two attached hydrogens (primary N) is 1. The second kappa shape index (κ2) is 8.65. The molecular weight excluding hydrogens is 378 g/mol. The SMILES string of the molecule is NC(=O)Cn1cc(/C=N/NC(=O)COc2ccccc2[N+](=O)[O-])c2ccccc21. The Labute approximate surface area is 164 Å². The van der Waals surface area contributed by atoms with Crippen molar-refractivity contribution in [1.29, 1.82) is 0 Å². The Morgan fingerprint density at radius 1 is 1.21 bits per heavy atom. The molecule has 3 N–H and O–H groups in total. The van der Waals surface area contributed by atoms with Gasteiger partial charge in [-0.15, -0.1) is 0 Å². The summed E-state index contributed by atoms with van der Waals surface area (Å²) in [4.78, 5) is 33.5. The number of hydrazone groups is 1. The summed E-state index contributed by atoms with van der Waals surface area (Å²) < 4.78 is 6.89. The highest BCUT2D eigenvalue weighted by atomic mass is 16.6. The molecule has 1 heterocycles. The van der Waals surface area contributed by atoms with Crippen LogP contribution in [0.5, 0.6) is 5.75 Å². The minimum Gasteiger partial charge on any atom is -0.477 e. The number of carbonyl (C=O) groups is 2. The van der Waals surface area contributed by atoms with Crippen LogP contribution in [-0.4, -0.2) is 34.1 Å². The molecule has 1 aromatic heterocycles. The number of fused-ring (bicyclic) bond motifs is 1. The van der Waals surface area contributed by atoms with E-state index >= 15 is 0 Å². The van der Waals surface area contributed by atoms with Crippen molar-refractivity contribution in [3.8, 4) is 5.75 Å². The van der Waals surface area contributed by atoms with Crippen molar-refractivity contribution in [3.05, 3.63) is 70.4 Å². The molecule has 10 heteroatoms. The second-order valence-electron chi connectivity index (χ2n) is 6.00. The number of nitro groups is 1. The summed E-state index contributed by atoms with van der Waals surface area (Å²) in [5, 5.41) is 15.7. The molecule has 0 aliphatic heterocycles. The minimum atomic E-state index is -0.590. The van der Waals surface area contributed by atoms with Crippen LogP contribution < -0.4 is 15.9 Å². The maximum Gasteiger partial charge on any atom is 0.310 e. The van der Waals surface area contributed by atoms with Crippen molar-refractivity contribution in [2.45, 2.75) is 6.54 Å².